The van der Waals surface area contributed by atoms with Gasteiger partial charge in [0.2, 0.25) is 0 Å². The third-order valence-electron chi connectivity index (χ3n) is 4.60. The van der Waals surface area contributed by atoms with Gasteiger partial charge in [0.15, 0.2) is 0 Å². The molecule has 7 N–H and O–H groups in total. The van der Waals surface area contributed by atoms with E-state index in [9.17, 15) is 39.8 Å². The highest BCUT2D eigenvalue weighted by molar-refractivity contribution is 7.95. The summed E-state index contributed by atoms with van der Waals surface area (Å²) in [7, 11) is -12.0. The Morgan fingerprint density at radius 1 is 0.912 bits per heavy atom. The SMILES string of the molecule is C=S(=O)(O)c1cc(O)c2c(/N=N/c3ccc(NC)cc3S(=O)(=O)O)c(N)c(S(=O)(=O)O)cc2c1. The van der Waals surface area contributed by atoms with E-state index >= 15 is 0 Å². The second kappa shape index (κ2) is 8.49. The van der Waals surface area contributed by atoms with Gasteiger partial charge in [-0.15, -0.1) is 10.2 Å². The molecule has 34 heavy (non-hydrogen) atoms. The first-order valence-corrected chi connectivity index (χ1v) is 13.5. The average Bonchev–Trinajstić information content (AvgIpc) is 2.70. The number of anilines is 2. The molecular formula is C18H18N4O9S3. The Morgan fingerprint density at radius 3 is 2.06 bits per heavy atom. The van der Waals surface area contributed by atoms with Crippen LogP contribution in [0.15, 0.2) is 61.3 Å². The molecule has 0 saturated heterocycles. The average molecular weight is 531 g/mol. The van der Waals surface area contributed by atoms with Crippen LogP contribution in [-0.2, 0) is 30.0 Å². The maximum Gasteiger partial charge on any atom is 0.296 e. The monoisotopic (exact) mass is 530 g/mol. The van der Waals surface area contributed by atoms with Gasteiger partial charge in [0.05, 0.1) is 16.0 Å². The first-order valence-electron chi connectivity index (χ1n) is 8.91. The van der Waals surface area contributed by atoms with Crippen molar-refractivity contribution in [3.63, 3.8) is 0 Å². The second-order valence-electron chi connectivity index (χ2n) is 6.90. The van der Waals surface area contributed by atoms with Crippen molar-refractivity contribution < 1.29 is 39.8 Å². The normalized spacial score (nSPS) is 14.4. The smallest absolute Gasteiger partial charge is 0.296 e. The Kier molecular flexibility index (Phi) is 6.33. The van der Waals surface area contributed by atoms with Crippen molar-refractivity contribution in [3.05, 3.63) is 36.4 Å². The van der Waals surface area contributed by atoms with Crippen LogP contribution >= 0.6 is 0 Å². The van der Waals surface area contributed by atoms with Crippen LogP contribution in [-0.4, -0.2) is 52.7 Å². The van der Waals surface area contributed by atoms with E-state index in [4.69, 9.17) is 5.73 Å². The number of fused-ring (bicyclic) bond motifs is 1. The minimum Gasteiger partial charge on any atom is -0.507 e. The van der Waals surface area contributed by atoms with Crippen molar-refractivity contribution in [3.8, 4) is 5.75 Å². The van der Waals surface area contributed by atoms with Crippen LogP contribution in [0.4, 0.5) is 22.7 Å². The molecule has 16 heteroatoms. The van der Waals surface area contributed by atoms with E-state index in [1.807, 2.05) is 0 Å². The largest absolute Gasteiger partial charge is 0.507 e. The van der Waals surface area contributed by atoms with Crippen LogP contribution in [0.2, 0.25) is 0 Å². The number of azo groups is 1. The summed E-state index contributed by atoms with van der Waals surface area (Å²) in [6.45, 7) is 0. The van der Waals surface area contributed by atoms with Gasteiger partial charge in [0.1, 0.15) is 36.7 Å². The number of benzene rings is 3. The first kappa shape index (κ1) is 25.3. The number of phenols is 1. The summed E-state index contributed by atoms with van der Waals surface area (Å²) in [5, 5.41) is 20.3. The Morgan fingerprint density at radius 2 is 1.53 bits per heavy atom. The van der Waals surface area contributed by atoms with Gasteiger partial charge in [0.25, 0.3) is 20.2 Å². The Labute approximate surface area is 194 Å². The van der Waals surface area contributed by atoms with Gasteiger partial charge in [-0.05, 0) is 47.7 Å². The fraction of sp³-hybridized carbons (Fsp3) is 0.0556. The molecule has 0 bridgehead atoms. The van der Waals surface area contributed by atoms with Crippen LogP contribution in [0.1, 0.15) is 0 Å². The molecule has 0 aliphatic rings. The molecule has 0 radical (unpaired) electrons. The molecule has 182 valence electrons. The van der Waals surface area contributed by atoms with Gasteiger partial charge in [0, 0.05) is 12.7 Å². The highest BCUT2D eigenvalue weighted by Crippen LogP contribution is 2.44. The van der Waals surface area contributed by atoms with Gasteiger partial charge >= 0.3 is 0 Å². The number of nitrogens with two attached hydrogens (primary N) is 1. The molecule has 0 fully saturated rings. The lowest BCUT2D eigenvalue weighted by molar-refractivity contribution is 0.478. The first-order chi connectivity index (χ1) is 15.5. The molecule has 3 aromatic rings. The number of hydrogen-bond donors (Lipinski definition) is 6. The fourth-order valence-corrected chi connectivity index (χ4v) is 4.93. The van der Waals surface area contributed by atoms with Crippen molar-refractivity contribution in [2.24, 2.45) is 10.2 Å². The van der Waals surface area contributed by atoms with Crippen LogP contribution in [0.5, 0.6) is 5.75 Å². The lowest BCUT2D eigenvalue weighted by Crippen LogP contribution is -2.04. The maximum absolute atomic E-state index is 11.9. The zero-order valence-electron chi connectivity index (χ0n) is 17.2. The molecule has 0 spiro atoms. The van der Waals surface area contributed by atoms with Crippen molar-refractivity contribution in [1.29, 1.82) is 0 Å². The van der Waals surface area contributed by atoms with Crippen LogP contribution in [0, 0.1) is 0 Å². The van der Waals surface area contributed by atoms with Crippen molar-refractivity contribution in [2.75, 3.05) is 18.1 Å². The number of aromatic hydroxyl groups is 1. The third kappa shape index (κ3) is 4.96. The van der Waals surface area contributed by atoms with E-state index in [1.54, 1.807) is 0 Å². The summed E-state index contributed by atoms with van der Waals surface area (Å²) in [6.07, 6.45) is 0. The van der Waals surface area contributed by atoms with Crippen molar-refractivity contribution in [1.82, 2.24) is 0 Å². The zero-order valence-corrected chi connectivity index (χ0v) is 19.6. The van der Waals surface area contributed by atoms with Gasteiger partial charge in [-0.3, -0.25) is 9.11 Å². The summed E-state index contributed by atoms with van der Waals surface area (Å²) >= 11 is 0. The van der Waals surface area contributed by atoms with E-state index in [1.165, 1.54) is 19.2 Å². The standard InChI is InChI=1S/C18H18N4O9S3/c1-20-10-3-4-12(14(7-10)33(26,27)28)21-22-18-16-9(6-15(17(18)19)34(29,30)31)5-11(8-13(16)23)32(2,24)25/h3-8,20,23H,2,19H2,1H3,(H,24,25)(H,26,27,28)(H,29,30,31)/b22-21+. The minimum atomic E-state index is -4.93. The Hall–Kier alpha value is -3.28. The molecule has 1 atom stereocenters. The highest BCUT2D eigenvalue weighted by Gasteiger charge is 2.23. The fourth-order valence-electron chi connectivity index (χ4n) is 3.03. The van der Waals surface area contributed by atoms with E-state index in [0.29, 0.717) is 5.69 Å². The van der Waals surface area contributed by atoms with Crippen LogP contribution in [0.25, 0.3) is 10.8 Å². The Balaban J connectivity index is 2.40. The van der Waals surface area contributed by atoms with Crippen LogP contribution < -0.4 is 11.1 Å². The van der Waals surface area contributed by atoms with Gasteiger partial charge in [-0.2, -0.15) is 16.8 Å². The van der Waals surface area contributed by atoms with Crippen molar-refractivity contribution >= 4 is 69.4 Å². The molecule has 0 aliphatic carbocycles. The molecule has 3 rings (SSSR count). The van der Waals surface area contributed by atoms with E-state index in [2.05, 4.69) is 21.4 Å². The van der Waals surface area contributed by atoms with Gasteiger partial charge < -0.3 is 20.7 Å². The van der Waals surface area contributed by atoms with Crippen LogP contribution in [0.3, 0.4) is 0 Å². The van der Waals surface area contributed by atoms with E-state index < -0.39 is 57.0 Å². The number of hydrogen-bond acceptors (Lipinski definition) is 10. The number of rotatable bonds is 6. The minimum absolute atomic E-state index is 0.170. The predicted molar refractivity (Wildman–Crippen MR) is 126 cm³/mol. The molecule has 0 aliphatic heterocycles. The summed E-state index contributed by atoms with van der Waals surface area (Å²) in [6, 6.07) is 6.42. The van der Waals surface area contributed by atoms with Gasteiger partial charge in [-0.25, -0.2) is 4.21 Å². The van der Waals surface area contributed by atoms with E-state index in [-0.39, 0.29) is 21.4 Å². The molecule has 0 saturated carbocycles. The number of nitrogens with one attached hydrogen (secondary N) is 1. The quantitative estimate of drug-likeness (QED) is 0.117. The van der Waals surface area contributed by atoms with Crippen molar-refractivity contribution in [2.45, 2.75) is 14.7 Å². The molecule has 0 amide bonds. The van der Waals surface area contributed by atoms with E-state index in [0.717, 1.165) is 24.3 Å². The summed E-state index contributed by atoms with van der Waals surface area (Å²) in [4.78, 5) is -1.84. The second-order valence-corrected chi connectivity index (χ2v) is 11.4. The predicted octanol–water partition coefficient (Wildman–Crippen LogP) is 2.63. The molecule has 1 unspecified atom stereocenters. The number of nitrogen functional groups attached to an aromatic ring is 1. The van der Waals surface area contributed by atoms with Gasteiger partial charge in [-0.1, -0.05) is 0 Å². The number of nitrogens with zero attached hydrogens (tertiary/aromatic N) is 2. The molecule has 0 heterocycles. The summed E-state index contributed by atoms with van der Waals surface area (Å²) < 4.78 is 88.0. The topological polar surface area (TPSA) is 229 Å². The zero-order chi connectivity index (χ0) is 25.6. The molecule has 3 aromatic carbocycles. The Bertz CT molecular complexity index is 1680. The highest BCUT2D eigenvalue weighted by atomic mass is 32.2. The number of phenolic OH excluding ortho intramolecular Hbond substituents is 1. The third-order valence-corrected chi connectivity index (χ3v) is 7.34. The molecular weight excluding hydrogens is 512 g/mol. The maximum atomic E-state index is 11.9. The molecule has 13 nitrogen and oxygen atoms in total. The summed E-state index contributed by atoms with van der Waals surface area (Å²) in [5.41, 5.74) is 4.67. The molecule has 0 aromatic heterocycles. The lowest BCUT2D eigenvalue weighted by atomic mass is 10.1. The summed E-state index contributed by atoms with van der Waals surface area (Å²) in [5.74, 6) is 2.42. The lowest BCUT2D eigenvalue weighted by Gasteiger charge is -2.13.